The van der Waals surface area contributed by atoms with Crippen molar-refractivity contribution in [1.29, 1.82) is 5.41 Å². The molecule has 1 amide bonds. The molecule has 2 heterocycles. The Bertz CT molecular complexity index is 1390. The number of hydrogen-bond acceptors (Lipinski definition) is 7. The normalized spacial score (nSPS) is 14.7. The van der Waals surface area contributed by atoms with Crippen molar-refractivity contribution in [3.05, 3.63) is 76.8 Å². The summed E-state index contributed by atoms with van der Waals surface area (Å²) in [6.45, 7) is 1.62. The lowest BCUT2D eigenvalue weighted by atomic mass is 9.96. The first-order valence-electron chi connectivity index (χ1n) is 12.1. The second-order valence-electron chi connectivity index (χ2n) is 8.80. The Hall–Kier alpha value is -4.12. The monoisotopic (exact) mass is 556 g/mol. The maximum absolute atomic E-state index is 13.6. The second-order valence-corrected chi connectivity index (χ2v) is 9.21. The van der Waals surface area contributed by atoms with Gasteiger partial charge in [-0.3, -0.25) is 14.6 Å². The van der Waals surface area contributed by atoms with Gasteiger partial charge in [0.05, 0.1) is 27.9 Å². The molecular weight excluding hydrogens is 533 g/mol. The van der Waals surface area contributed by atoms with E-state index in [0.717, 1.165) is 62.6 Å². The van der Waals surface area contributed by atoms with Gasteiger partial charge in [-0.05, 0) is 61.7 Å². The number of benzene rings is 2. The molecule has 0 spiro atoms. The van der Waals surface area contributed by atoms with Gasteiger partial charge in [-0.15, -0.1) is 0 Å². The number of amides is 1. The van der Waals surface area contributed by atoms with Crippen LogP contribution in [0.4, 0.5) is 30.2 Å². The largest absolute Gasteiger partial charge is 0.417 e. The summed E-state index contributed by atoms with van der Waals surface area (Å²) in [7, 11) is 0. The molecule has 202 valence electrons. The smallest absolute Gasteiger partial charge is 0.372 e. The van der Waals surface area contributed by atoms with Crippen LogP contribution in [-0.2, 0) is 6.18 Å². The summed E-state index contributed by atoms with van der Waals surface area (Å²) in [5.74, 6) is -2.50. The molecule has 2 N–H and O–H groups in total. The van der Waals surface area contributed by atoms with E-state index < -0.39 is 34.4 Å². The van der Waals surface area contributed by atoms with Crippen LogP contribution in [0.15, 0.2) is 59.9 Å². The van der Waals surface area contributed by atoms with Crippen molar-refractivity contribution in [1.82, 2.24) is 9.97 Å². The number of aromatic nitrogens is 2. The summed E-state index contributed by atoms with van der Waals surface area (Å²) in [6, 6.07) is 9.72. The zero-order valence-electron chi connectivity index (χ0n) is 20.6. The minimum Gasteiger partial charge on any atom is -0.372 e. The molecule has 3 aromatic rings. The van der Waals surface area contributed by atoms with E-state index in [4.69, 9.17) is 17.0 Å². The van der Waals surface area contributed by atoms with E-state index in [2.05, 4.69) is 25.2 Å². The number of aliphatic imine (C=N–C) groups is 1. The van der Waals surface area contributed by atoms with Crippen LogP contribution in [0, 0.1) is 11.3 Å². The third-order valence-corrected chi connectivity index (χ3v) is 6.46. The van der Waals surface area contributed by atoms with Gasteiger partial charge in [0.1, 0.15) is 0 Å². The fourth-order valence-corrected chi connectivity index (χ4v) is 4.36. The summed E-state index contributed by atoms with van der Waals surface area (Å²) < 4.78 is 39.7. The van der Waals surface area contributed by atoms with Crippen molar-refractivity contribution < 1.29 is 22.8 Å². The van der Waals surface area contributed by atoms with Crippen LogP contribution in [-0.4, -0.2) is 47.2 Å². The van der Waals surface area contributed by atoms with Gasteiger partial charge in [-0.1, -0.05) is 11.6 Å². The molecule has 4 rings (SSSR count). The van der Waals surface area contributed by atoms with Crippen LogP contribution in [0.5, 0.6) is 0 Å². The van der Waals surface area contributed by atoms with Gasteiger partial charge in [-0.2, -0.15) is 13.2 Å². The van der Waals surface area contributed by atoms with E-state index in [0.29, 0.717) is 0 Å². The first kappa shape index (κ1) is 27.9. The van der Waals surface area contributed by atoms with E-state index in [1.807, 2.05) is 0 Å². The number of nitrogens with zero attached hydrogens (tertiary/aromatic N) is 4. The fraction of sp³-hybridized carbons (Fsp3) is 0.259. The molecule has 1 atom stereocenters. The van der Waals surface area contributed by atoms with Crippen LogP contribution in [0.1, 0.15) is 45.8 Å². The number of hydrogen-bond donors (Lipinski definition) is 2. The molecular formula is C27H24ClF3N6O2. The number of ketones is 1. The predicted octanol–water partition coefficient (Wildman–Crippen LogP) is 6.24. The summed E-state index contributed by atoms with van der Waals surface area (Å²) in [4.78, 5) is 40.3. The Labute approximate surface area is 227 Å². The van der Waals surface area contributed by atoms with Crippen molar-refractivity contribution >= 4 is 52.8 Å². The van der Waals surface area contributed by atoms with Crippen molar-refractivity contribution in [3.8, 4) is 0 Å². The molecule has 1 aliphatic rings. The molecule has 8 nitrogen and oxygen atoms in total. The van der Waals surface area contributed by atoms with Gasteiger partial charge < -0.3 is 15.6 Å². The molecule has 0 radical (unpaired) electrons. The number of alkyl halides is 3. The highest BCUT2D eigenvalue weighted by molar-refractivity contribution is 6.31. The van der Waals surface area contributed by atoms with Crippen LogP contribution in [0.25, 0.3) is 0 Å². The number of piperidine rings is 1. The van der Waals surface area contributed by atoms with Crippen molar-refractivity contribution in [2.45, 2.75) is 25.4 Å². The van der Waals surface area contributed by atoms with E-state index >= 15 is 0 Å². The van der Waals surface area contributed by atoms with Crippen molar-refractivity contribution in [3.63, 3.8) is 0 Å². The molecule has 1 saturated heterocycles. The van der Waals surface area contributed by atoms with Gasteiger partial charge in [0, 0.05) is 49.2 Å². The van der Waals surface area contributed by atoms with Crippen LogP contribution >= 0.6 is 11.6 Å². The third kappa shape index (κ3) is 6.85. The minimum absolute atomic E-state index is 0.0804. The van der Waals surface area contributed by atoms with Crippen LogP contribution in [0.3, 0.4) is 0 Å². The molecule has 1 fully saturated rings. The Balaban J connectivity index is 1.66. The number of Topliss-reactive ketones (excluding diaryl/α,β-unsaturated/α-hetero) is 1. The average Bonchev–Trinajstić information content (AvgIpc) is 2.94. The van der Waals surface area contributed by atoms with Gasteiger partial charge in [0.15, 0.2) is 5.78 Å². The zero-order valence-corrected chi connectivity index (χ0v) is 21.3. The lowest BCUT2D eigenvalue weighted by molar-refractivity contribution is -0.137. The highest BCUT2D eigenvalue weighted by Gasteiger charge is 2.33. The molecule has 12 heteroatoms. The van der Waals surface area contributed by atoms with E-state index in [9.17, 15) is 22.8 Å². The SMILES string of the molecule is N=CC(C=Nc1ccc(Cl)c(C(F)(F)F)c1)C(=O)c1cc(N2CCCCC2)ccc1NC(=O)c1ncccn1. The van der Waals surface area contributed by atoms with Crippen LogP contribution in [0.2, 0.25) is 5.02 Å². The quantitative estimate of drug-likeness (QED) is 0.252. The van der Waals surface area contributed by atoms with E-state index in [1.165, 1.54) is 18.5 Å². The first-order chi connectivity index (χ1) is 18.7. The minimum atomic E-state index is -4.68. The first-order valence-corrected chi connectivity index (χ1v) is 12.5. The molecule has 0 aliphatic carbocycles. The number of carbonyl (C=O) groups excluding carboxylic acids is 2. The number of rotatable bonds is 8. The van der Waals surface area contributed by atoms with Gasteiger partial charge >= 0.3 is 6.18 Å². The molecule has 1 aromatic heterocycles. The summed E-state index contributed by atoms with van der Waals surface area (Å²) in [6.07, 6.45) is 3.20. The summed E-state index contributed by atoms with van der Waals surface area (Å²) >= 11 is 5.67. The number of anilines is 2. The highest BCUT2D eigenvalue weighted by atomic mass is 35.5. The Kier molecular flexibility index (Phi) is 8.70. The number of halogens is 4. The van der Waals surface area contributed by atoms with E-state index in [1.54, 1.807) is 24.3 Å². The summed E-state index contributed by atoms with van der Waals surface area (Å²) in [5.41, 5.74) is -0.0546. The van der Waals surface area contributed by atoms with E-state index in [-0.39, 0.29) is 22.8 Å². The standard InChI is InChI=1S/C27H24ClF3N6O2/c28-22-7-5-18(13-21(22)27(29,30)31)35-16-17(15-32)24(38)20-14-19(37-11-2-1-3-12-37)6-8-23(20)36-26(39)25-33-9-4-10-34-25/h4-10,13-17,32H,1-3,11-12H2,(H,36,39). The molecule has 0 saturated carbocycles. The molecule has 1 unspecified atom stereocenters. The van der Waals surface area contributed by atoms with Crippen molar-refractivity contribution in [2.24, 2.45) is 10.9 Å². The number of carbonyl (C=O) groups is 2. The molecule has 1 aliphatic heterocycles. The average molecular weight is 557 g/mol. The maximum Gasteiger partial charge on any atom is 0.417 e. The second kappa shape index (κ2) is 12.2. The summed E-state index contributed by atoms with van der Waals surface area (Å²) in [5, 5.41) is 10.0. The predicted molar refractivity (Wildman–Crippen MR) is 144 cm³/mol. The topological polar surface area (TPSA) is 111 Å². The lowest BCUT2D eigenvalue weighted by Gasteiger charge is -2.29. The fourth-order valence-electron chi connectivity index (χ4n) is 4.13. The Morgan fingerprint density at radius 2 is 1.79 bits per heavy atom. The molecule has 39 heavy (non-hydrogen) atoms. The maximum atomic E-state index is 13.6. The highest BCUT2D eigenvalue weighted by Crippen LogP contribution is 2.37. The van der Waals surface area contributed by atoms with Gasteiger partial charge in [0.2, 0.25) is 5.82 Å². The van der Waals surface area contributed by atoms with Crippen molar-refractivity contribution in [2.75, 3.05) is 23.3 Å². The Morgan fingerprint density at radius 3 is 2.46 bits per heavy atom. The van der Waals surface area contributed by atoms with Crippen LogP contribution < -0.4 is 10.2 Å². The molecule has 2 aromatic carbocycles. The molecule has 0 bridgehead atoms. The number of nitrogens with one attached hydrogen (secondary N) is 2. The zero-order chi connectivity index (χ0) is 28.0. The Morgan fingerprint density at radius 1 is 1.08 bits per heavy atom. The van der Waals surface area contributed by atoms with Gasteiger partial charge in [-0.25, -0.2) is 9.97 Å². The van der Waals surface area contributed by atoms with Gasteiger partial charge in [0.25, 0.3) is 5.91 Å². The lowest BCUT2D eigenvalue weighted by Crippen LogP contribution is -2.30. The third-order valence-electron chi connectivity index (χ3n) is 6.13.